The van der Waals surface area contributed by atoms with Gasteiger partial charge in [0.1, 0.15) is 29.4 Å². The van der Waals surface area contributed by atoms with Crippen LogP contribution in [0.1, 0.15) is 37.7 Å². The average Bonchev–Trinajstić information content (AvgIpc) is 3.30. The van der Waals surface area contributed by atoms with E-state index in [0.29, 0.717) is 0 Å². The van der Waals surface area contributed by atoms with Crippen molar-refractivity contribution in [3.63, 3.8) is 0 Å². The van der Waals surface area contributed by atoms with Crippen LogP contribution < -0.4 is 4.48 Å². The van der Waals surface area contributed by atoms with Gasteiger partial charge >= 0.3 is 6.41 Å². The first-order chi connectivity index (χ1) is 15.3. The molecule has 0 N–H and O–H groups in total. The van der Waals surface area contributed by atoms with Gasteiger partial charge in [0.25, 0.3) is 0 Å². The largest absolute Gasteiger partial charge is 0.348 e. The van der Waals surface area contributed by atoms with Crippen LogP contribution in [0.2, 0.25) is 0 Å². The number of hydrogen-bond acceptors (Lipinski definition) is 3. The van der Waals surface area contributed by atoms with Crippen molar-refractivity contribution in [2.24, 2.45) is 0 Å². The van der Waals surface area contributed by atoms with Crippen LogP contribution in [0, 0.1) is 0 Å². The molecule has 0 radical (unpaired) electrons. The van der Waals surface area contributed by atoms with Gasteiger partial charge in [-0.05, 0) is 24.5 Å². The minimum absolute atomic E-state index is 0.281. The van der Waals surface area contributed by atoms with Gasteiger partial charge in [0.05, 0.1) is 5.69 Å². The molecule has 0 bridgehead atoms. The first-order valence-electron chi connectivity index (χ1n) is 11.1. The lowest BCUT2D eigenvalue weighted by Crippen LogP contribution is -2.52. The normalized spacial score (nSPS) is 16.8. The van der Waals surface area contributed by atoms with Gasteiger partial charge in [-0.1, -0.05) is 36.8 Å². The quantitative estimate of drug-likeness (QED) is 0.308. The van der Waals surface area contributed by atoms with E-state index in [1.165, 1.54) is 24.8 Å². The SMILES string of the molecule is O=C[N+](c1ccccc1)(c1ccc(Cn2ccc3ncnc-3c2)cc1)C1CCCCC1. The third-order valence-corrected chi connectivity index (χ3v) is 6.60. The van der Waals surface area contributed by atoms with Crippen molar-refractivity contribution in [1.82, 2.24) is 19.0 Å². The standard InChI is InChI=1S/C26H27N4O/c31-20-30(22-7-3-1-4-8-22,23-9-5-2-6-10-23)24-13-11-21(12-14-24)17-29-16-15-25-26(18-29)28-19-27-25/h1,3-4,7-8,11-16,18-20,23H,2,5-6,9-10,17H2/q+1. The molecule has 2 heterocycles. The number of rotatable bonds is 6. The smallest absolute Gasteiger partial charge is 0.311 e. The van der Waals surface area contributed by atoms with Crippen molar-refractivity contribution in [2.75, 3.05) is 0 Å². The summed E-state index contributed by atoms with van der Waals surface area (Å²) in [6.45, 7) is 0.749. The number of imidazole rings is 1. The van der Waals surface area contributed by atoms with Gasteiger partial charge in [-0.25, -0.2) is 14.8 Å². The summed E-state index contributed by atoms with van der Waals surface area (Å²) >= 11 is 0. The highest BCUT2D eigenvalue weighted by molar-refractivity contribution is 5.81. The highest BCUT2D eigenvalue weighted by Gasteiger charge is 2.42. The molecule has 31 heavy (non-hydrogen) atoms. The Morgan fingerprint density at radius 2 is 1.58 bits per heavy atom. The number of hydrogen-bond donors (Lipinski definition) is 0. The maximum absolute atomic E-state index is 12.8. The number of quaternary nitrogens is 1. The second-order valence-electron chi connectivity index (χ2n) is 8.44. The topological polar surface area (TPSA) is 47.8 Å². The molecule has 1 atom stereocenters. The predicted molar refractivity (Wildman–Crippen MR) is 123 cm³/mol. The van der Waals surface area contributed by atoms with Gasteiger partial charge in [0.15, 0.2) is 0 Å². The van der Waals surface area contributed by atoms with E-state index in [4.69, 9.17) is 0 Å². The lowest BCUT2D eigenvalue weighted by atomic mass is 9.91. The Morgan fingerprint density at radius 3 is 2.32 bits per heavy atom. The Balaban J connectivity index is 1.48. The van der Waals surface area contributed by atoms with Gasteiger partial charge in [-0.2, -0.15) is 4.48 Å². The summed E-state index contributed by atoms with van der Waals surface area (Å²) in [5.74, 6) is 0. The number of amides is 1. The Bertz CT molecular complexity index is 1120. The summed E-state index contributed by atoms with van der Waals surface area (Å²) in [6.07, 6.45) is 12.6. The molecule has 1 saturated carbocycles. The first kappa shape index (κ1) is 19.6. The molecule has 0 saturated heterocycles. The number of carbonyl (C=O) groups excluding carboxylic acids is 1. The summed E-state index contributed by atoms with van der Waals surface area (Å²) < 4.78 is 2.40. The van der Waals surface area contributed by atoms with Gasteiger partial charge in [-0.15, -0.1) is 0 Å². The zero-order valence-corrected chi connectivity index (χ0v) is 17.6. The summed E-state index contributed by atoms with van der Waals surface area (Å²) in [5.41, 5.74) is 5.09. The number of pyridine rings is 1. The second kappa shape index (κ2) is 8.44. The van der Waals surface area contributed by atoms with Crippen LogP contribution in [0.3, 0.4) is 0 Å². The van der Waals surface area contributed by atoms with E-state index in [9.17, 15) is 4.79 Å². The molecule has 0 aromatic heterocycles. The molecule has 156 valence electrons. The average molecular weight is 412 g/mol. The van der Waals surface area contributed by atoms with Crippen molar-refractivity contribution in [1.29, 1.82) is 0 Å². The lowest BCUT2D eigenvalue weighted by Gasteiger charge is -2.40. The predicted octanol–water partition coefficient (Wildman–Crippen LogP) is 5.56. The molecule has 1 unspecified atom stereocenters. The van der Waals surface area contributed by atoms with E-state index < -0.39 is 0 Å². The molecule has 3 aliphatic rings. The first-order valence-corrected chi connectivity index (χ1v) is 11.1. The van der Waals surface area contributed by atoms with Crippen molar-refractivity contribution in [3.8, 4) is 11.4 Å². The van der Waals surface area contributed by atoms with Crippen LogP contribution in [-0.2, 0) is 11.3 Å². The molecule has 5 rings (SSSR count). The third-order valence-electron chi connectivity index (χ3n) is 6.60. The Hall–Kier alpha value is -3.31. The number of aromatic nitrogens is 3. The fourth-order valence-corrected chi connectivity index (χ4v) is 4.98. The van der Waals surface area contributed by atoms with Crippen LogP contribution in [0.4, 0.5) is 11.4 Å². The molecule has 2 aromatic carbocycles. The minimum Gasteiger partial charge on any atom is -0.348 e. The summed E-state index contributed by atoms with van der Waals surface area (Å²) in [5, 5.41) is 0. The van der Waals surface area contributed by atoms with E-state index in [2.05, 4.69) is 50.9 Å². The molecular weight excluding hydrogens is 384 g/mol. The monoisotopic (exact) mass is 411 g/mol. The summed E-state index contributed by atoms with van der Waals surface area (Å²) in [6, 6.07) is 21.1. The highest BCUT2D eigenvalue weighted by atomic mass is 16.1. The minimum atomic E-state index is 0.281. The second-order valence-corrected chi connectivity index (χ2v) is 8.44. The molecule has 0 spiro atoms. The van der Waals surface area contributed by atoms with E-state index in [1.807, 2.05) is 36.7 Å². The number of benzene rings is 2. The highest BCUT2D eigenvalue weighted by Crippen LogP contribution is 2.41. The Kier molecular flexibility index (Phi) is 5.35. The van der Waals surface area contributed by atoms with Gasteiger partial charge in [0, 0.05) is 56.0 Å². The Labute approximate surface area is 182 Å². The van der Waals surface area contributed by atoms with E-state index in [0.717, 1.165) is 48.6 Å². The fraction of sp³-hybridized carbons (Fsp3) is 0.269. The molecule has 2 aromatic rings. The molecule has 1 aliphatic carbocycles. The maximum Gasteiger partial charge on any atom is 0.311 e. The van der Waals surface area contributed by atoms with E-state index in [1.54, 1.807) is 6.33 Å². The van der Waals surface area contributed by atoms with Gasteiger partial charge < -0.3 is 4.57 Å². The lowest BCUT2D eigenvalue weighted by molar-refractivity contribution is -0.117. The molecule has 1 fully saturated rings. The molecule has 5 heteroatoms. The summed E-state index contributed by atoms with van der Waals surface area (Å²) in [7, 11) is 0. The fourth-order valence-electron chi connectivity index (χ4n) is 4.98. The Morgan fingerprint density at radius 1 is 0.871 bits per heavy atom. The molecule has 2 aliphatic heterocycles. The van der Waals surface area contributed by atoms with Crippen LogP contribution >= 0.6 is 0 Å². The van der Waals surface area contributed by atoms with Crippen LogP contribution in [-0.4, -0.2) is 27.0 Å². The number of carbonyl (C=O) groups is 1. The van der Waals surface area contributed by atoms with Crippen LogP contribution in [0.15, 0.2) is 79.4 Å². The maximum atomic E-state index is 12.8. The van der Waals surface area contributed by atoms with Crippen LogP contribution in [0.5, 0.6) is 0 Å². The zero-order valence-electron chi connectivity index (χ0n) is 17.6. The van der Waals surface area contributed by atoms with Gasteiger partial charge in [0.2, 0.25) is 0 Å². The van der Waals surface area contributed by atoms with E-state index >= 15 is 0 Å². The summed E-state index contributed by atoms with van der Waals surface area (Å²) in [4.78, 5) is 21.3. The number of fused-ring (bicyclic) bond motifs is 1. The van der Waals surface area contributed by atoms with Crippen molar-refractivity contribution < 1.29 is 4.79 Å². The van der Waals surface area contributed by atoms with Crippen molar-refractivity contribution in [2.45, 2.75) is 44.7 Å². The zero-order chi connectivity index (χ0) is 21.1. The molecule has 1 amide bonds. The van der Waals surface area contributed by atoms with Crippen molar-refractivity contribution >= 4 is 17.8 Å². The molecular formula is C26H27N4O+. The molecule has 5 nitrogen and oxygen atoms in total. The van der Waals surface area contributed by atoms with Crippen molar-refractivity contribution in [3.05, 3.63) is 84.9 Å². The van der Waals surface area contributed by atoms with Crippen LogP contribution in [0.25, 0.3) is 11.4 Å². The number of nitrogens with zero attached hydrogens (tertiary/aromatic N) is 4. The third kappa shape index (κ3) is 3.66. The van der Waals surface area contributed by atoms with Gasteiger partial charge in [-0.3, -0.25) is 0 Å². The number of para-hydroxylation sites is 1. The van der Waals surface area contributed by atoms with E-state index in [-0.39, 0.29) is 10.5 Å².